The van der Waals surface area contributed by atoms with Gasteiger partial charge in [-0.2, -0.15) is 0 Å². The van der Waals surface area contributed by atoms with Crippen LogP contribution in [-0.4, -0.2) is 66.6 Å². The summed E-state index contributed by atoms with van der Waals surface area (Å²) in [5.41, 5.74) is 0.944. The third-order valence-corrected chi connectivity index (χ3v) is 4.38. The standard InChI is InChI=1S/C19H23N5O3/c1-3-27-19(26)14-6-4-5-7-15(14)22-18(25)16-12-17(21-13-20-16)24-10-8-23(2)9-11-24/h4-7,12-13H,3,8-11H2,1-2H3,(H,22,25). The number of hydrogen-bond donors (Lipinski definition) is 1. The van der Waals surface area contributed by atoms with E-state index in [1.807, 2.05) is 0 Å². The largest absolute Gasteiger partial charge is 0.462 e. The summed E-state index contributed by atoms with van der Waals surface area (Å²) in [5.74, 6) is -0.152. The normalized spacial score (nSPS) is 14.7. The molecule has 8 heteroatoms. The Labute approximate surface area is 158 Å². The van der Waals surface area contributed by atoms with Crippen molar-refractivity contribution in [2.45, 2.75) is 6.92 Å². The molecular formula is C19H23N5O3. The molecule has 1 fully saturated rings. The lowest BCUT2D eigenvalue weighted by molar-refractivity contribution is 0.0527. The lowest BCUT2D eigenvalue weighted by Gasteiger charge is -2.33. The third kappa shape index (κ3) is 4.59. The van der Waals surface area contributed by atoms with Crippen molar-refractivity contribution in [3.63, 3.8) is 0 Å². The number of ether oxygens (including phenoxy) is 1. The lowest BCUT2D eigenvalue weighted by atomic mass is 10.1. The number of benzene rings is 1. The number of carbonyl (C=O) groups excluding carboxylic acids is 2. The van der Waals surface area contributed by atoms with E-state index < -0.39 is 11.9 Å². The minimum atomic E-state index is -0.478. The van der Waals surface area contributed by atoms with Crippen LogP contribution in [0.1, 0.15) is 27.8 Å². The Morgan fingerprint density at radius 2 is 1.89 bits per heavy atom. The Balaban J connectivity index is 1.76. The van der Waals surface area contributed by atoms with Gasteiger partial charge in [-0.1, -0.05) is 12.1 Å². The molecule has 3 rings (SSSR count). The summed E-state index contributed by atoms with van der Waals surface area (Å²) in [6.07, 6.45) is 1.39. The maximum atomic E-state index is 12.7. The highest BCUT2D eigenvalue weighted by Crippen LogP contribution is 2.18. The molecule has 8 nitrogen and oxygen atoms in total. The first-order valence-electron chi connectivity index (χ1n) is 8.91. The second kappa shape index (κ2) is 8.59. The molecule has 2 aromatic rings. The maximum Gasteiger partial charge on any atom is 0.340 e. The van der Waals surface area contributed by atoms with Crippen molar-refractivity contribution in [2.75, 3.05) is 50.1 Å². The number of nitrogens with zero attached hydrogens (tertiary/aromatic N) is 4. The molecule has 1 amide bonds. The van der Waals surface area contributed by atoms with E-state index in [1.165, 1.54) is 6.33 Å². The first-order chi connectivity index (χ1) is 13.1. The quantitative estimate of drug-likeness (QED) is 0.802. The molecule has 142 valence electrons. The fraction of sp³-hybridized carbons (Fsp3) is 0.368. The smallest absolute Gasteiger partial charge is 0.340 e. The highest BCUT2D eigenvalue weighted by atomic mass is 16.5. The van der Waals surface area contributed by atoms with Gasteiger partial charge in [0.25, 0.3) is 5.91 Å². The number of para-hydroxylation sites is 1. The highest BCUT2D eigenvalue weighted by Gasteiger charge is 2.19. The minimum absolute atomic E-state index is 0.248. The van der Waals surface area contributed by atoms with Crippen LogP contribution in [0.2, 0.25) is 0 Å². The monoisotopic (exact) mass is 369 g/mol. The number of esters is 1. The van der Waals surface area contributed by atoms with Gasteiger partial charge in [-0.25, -0.2) is 14.8 Å². The van der Waals surface area contributed by atoms with Gasteiger partial charge >= 0.3 is 5.97 Å². The zero-order valence-electron chi connectivity index (χ0n) is 15.5. The summed E-state index contributed by atoms with van der Waals surface area (Å²) in [5, 5.41) is 2.75. The predicted molar refractivity (Wildman–Crippen MR) is 102 cm³/mol. The summed E-state index contributed by atoms with van der Waals surface area (Å²) in [6.45, 7) is 5.58. The minimum Gasteiger partial charge on any atom is -0.462 e. The number of carbonyl (C=O) groups is 2. The van der Waals surface area contributed by atoms with E-state index in [-0.39, 0.29) is 12.3 Å². The number of nitrogens with one attached hydrogen (secondary N) is 1. The molecule has 0 saturated carbocycles. The second-order valence-corrected chi connectivity index (χ2v) is 6.27. The van der Waals surface area contributed by atoms with Gasteiger partial charge in [-0.15, -0.1) is 0 Å². The second-order valence-electron chi connectivity index (χ2n) is 6.27. The average Bonchev–Trinajstić information content (AvgIpc) is 2.69. The van der Waals surface area contributed by atoms with Crippen LogP contribution < -0.4 is 10.2 Å². The number of aromatic nitrogens is 2. The van der Waals surface area contributed by atoms with Crippen LogP contribution in [0.4, 0.5) is 11.5 Å². The zero-order chi connectivity index (χ0) is 19.2. The molecule has 0 unspecified atom stereocenters. The van der Waals surface area contributed by atoms with Gasteiger partial charge < -0.3 is 19.9 Å². The van der Waals surface area contributed by atoms with E-state index in [1.54, 1.807) is 37.3 Å². The fourth-order valence-electron chi connectivity index (χ4n) is 2.85. The molecule has 0 atom stereocenters. The van der Waals surface area contributed by atoms with Crippen molar-refractivity contribution in [1.82, 2.24) is 14.9 Å². The molecule has 0 spiro atoms. The first kappa shape index (κ1) is 18.8. The van der Waals surface area contributed by atoms with E-state index in [4.69, 9.17) is 4.74 Å². The van der Waals surface area contributed by atoms with Gasteiger partial charge in [0.15, 0.2) is 0 Å². The molecule has 27 heavy (non-hydrogen) atoms. The van der Waals surface area contributed by atoms with E-state index >= 15 is 0 Å². The fourth-order valence-corrected chi connectivity index (χ4v) is 2.85. The molecular weight excluding hydrogens is 346 g/mol. The van der Waals surface area contributed by atoms with Crippen LogP contribution in [0, 0.1) is 0 Å². The van der Waals surface area contributed by atoms with Crippen LogP contribution in [0.3, 0.4) is 0 Å². The number of likely N-dealkylation sites (N-methyl/N-ethyl adjacent to an activating group) is 1. The SMILES string of the molecule is CCOC(=O)c1ccccc1NC(=O)c1cc(N2CCN(C)CC2)ncn1. The molecule has 1 aliphatic rings. The topological polar surface area (TPSA) is 87.7 Å². The van der Waals surface area contributed by atoms with Gasteiger partial charge in [0.1, 0.15) is 17.8 Å². The predicted octanol–water partition coefficient (Wildman–Crippen LogP) is 1.66. The maximum absolute atomic E-state index is 12.7. The van der Waals surface area contributed by atoms with Gasteiger partial charge in [0.2, 0.25) is 0 Å². The molecule has 1 aromatic heterocycles. The van der Waals surface area contributed by atoms with Crippen LogP contribution >= 0.6 is 0 Å². The third-order valence-electron chi connectivity index (χ3n) is 4.38. The summed E-state index contributed by atoms with van der Waals surface area (Å²) in [4.78, 5) is 37.5. The van der Waals surface area contributed by atoms with Crippen LogP contribution in [-0.2, 0) is 4.74 Å². The molecule has 1 N–H and O–H groups in total. The van der Waals surface area contributed by atoms with Crippen molar-refractivity contribution in [1.29, 1.82) is 0 Å². The van der Waals surface area contributed by atoms with Gasteiger partial charge in [0.05, 0.1) is 17.9 Å². The van der Waals surface area contributed by atoms with E-state index in [9.17, 15) is 9.59 Å². The zero-order valence-corrected chi connectivity index (χ0v) is 15.5. The molecule has 1 aromatic carbocycles. The first-order valence-corrected chi connectivity index (χ1v) is 8.91. The number of rotatable bonds is 5. The molecule has 0 radical (unpaired) electrons. The number of piperazine rings is 1. The van der Waals surface area contributed by atoms with Crippen molar-refractivity contribution in [3.05, 3.63) is 47.9 Å². The van der Waals surface area contributed by atoms with Crippen molar-refractivity contribution in [3.8, 4) is 0 Å². The van der Waals surface area contributed by atoms with E-state index in [0.717, 1.165) is 32.0 Å². The van der Waals surface area contributed by atoms with Gasteiger partial charge in [-0.05, 0) is 26.1 Å². The Hall–Kier alpha value is -3.00. The Morgan fingerprint density at radius 3 is 2.63 bits per heavy atom. The van der Waals surface area contributed by atoms with E-state index in [2.05, 4.69) is 32.1 Å². The Kier molecular flexibility index (Phi) is 5.97. The summed E-state index contributed by atoms with van der Waals surface area (Å²) >= 11 is 0. The summed E-state index contributed by atoms with van der Waals surface area (Å²) < 4.78 is 5.04. The molecule has 2 heterocycles. The van der Waals surface area contributed by atoms with Gasteiger partial charge in [-0.3, -0.25) is 4.79 Å². The number of anilines is 2. The molecule has 0 aliphatic carbocycles. The van der Waals surface area contributed by atoms with Gasteiger partial charge in [0, 0.05) is 32.2 Å². The van der Waals surface area contributed by atoms with Crippen molar-refractivity contribution in [2.24, 2.45) is 0 Å². The Morgan fingerprint density at radius 1 is 1.15 bits per heavy atom. The van der Waals surface area contributed by atoms with Crippen LogP contribution in [0.5, 0.6) is 0 Å². The van der Waals surface area contributed by atoms with Crippen molar-refractivity contribution >= 4 is 23.4 Å². The molecule has 1 aliphatic heterocycles. The lowest BCUT2D eigenvalue weighted by Crippen LogP contribution is -2.44. The Bertz CT molecular complexity index is 818. The summed E-state index contributed by atoms with van der Waals surface area (Å²) in [7, 11) is 2.08. The highest BCUT2D eigenvalue weighted by molar-refractivity contribution is 6.07. The number of amides is 1. The average molecular weight is 369 g/mol. The summed E-state index contributed by atoms with van der Waals surface area (Å²) in [6, 6.07) is 8.41. The van der Waals surface area contributed by atoms with Crippen LogP contribution in [0.25, 0.3) is 0 Å². The van der Waals surface area contributed by atoms with Crippen molar-refractivity contribution < 1.29 is 14.3 Å². The molecule has 0 bridgehead atoms. The molecule has 1 saturated heterocycles. The van der Waals surface area contributed by atoms with Crippen LogP contribution in [0.15, 0.2) is 36.7 Å². The number of hydrogen-bond acceptors (Lipinski definition) is 7. The van der Waals surface area contributed by atoms with E-state index in [0.29, 0.717) is 11.3 Å².